The third kappa shape index (κ3) is 3.30. The Hall–Kier alpha value is -1.55. The number of ether oxygens (including phenoxy) is 1. The van der Waals surface area contributed by atoms with E-state index in [0.29, 0.717) is 12.1 Å². The Morgan fingerprint density at radius 2 is 1.96 bits per heavy atom. The average molecular weight is 337 g/mol. The second kappa shape index (κ2) is 7.14. The molecule has 2 aromatic rings. The monoisotopic (exact) mass is 337 g/mol. The molecule has 24 heavy (non-hydrogen) atoms. The smallest absolute Gasteiger partial charge is 0.0658 e. The molecule has 2 nitrogen and oxygen atoms in total. The first kappa shape index (κ1) is 15.9. The first-order valence-corrected chi connectivity index (χ1v) is 9.78. The molecule has 0 aromatic heterocycles. The van der Waals surface area contributed by atoms with Gasteiger partial charge >= 0.3 is 0 Å². The van der Waals surface area contributed by atoms with E-state index in [4.69, 9.17) is 4.74 Å². The van der Waals surface area contributed by atoms with Crippen LogP contribution < -0.4 is 0 Å². The normalized spacial score (nSPS) is 23.8. The Bertz CT molecular complexity index is 728. The summed E-state index contributed by atoms with van der Waals surface area (Å²) in [5, 5.41) is 0. The maximum atomic E-state index is 5.84. The standard InChI is InChI=1S/C21H23NOS/c1-24-21-9-5-8-17(12-21)18-10-19-14-23-15-20(11-18)22(19)13-16-6-3-2-4-7-16/h2-10,12,19-20H,11,13-15H2,1H3. The Morgan fingerprint density at radius 3 is 2.75 bits per heavy atom. The van der Waals surface area contributed by atoms with Crippen LogP contribution in [0.5, 0.6) is 0 Å². The van der Waals surface area contributed by atoms with Crippen molar-refractivity contribution in [3.63, 3.8) is 0 Å². The Labute approximate surface area is 148 Å². The second-order valence-electron chi connectivity index (χ2n) is 6.54. The van der Waals surface area contributed by atoms with Gasteiger partial charge in [0.1, 0.15) is 0 Å². The summed E-state index contributed by atoms with van der Waals surface area (Å²) >= 11 is 1.81. The van der Waals surface area contributed by atoms with Crippen molar-refractivity contribution in [3.05, 3.63) is 71.8 Å². The van der Waals surface area contributed by atoms with Gasteiger partial charge in [-0.1, -0.05) is 48.5 Å². The van der Waals surface area contributed by atoms with Crippen LogP contribution in [-0.2, 0) is 11.3 Å². The van der Waals surface area contributed by atoms with Gasteiger partial charge in [0, 0.05) is 17.5 Å². The molecule has 0 amide bonds. The molecule has 0 aliphatic carbocycles. The molecule has 124 valence electrons. The van der Waals surface area contributed by atoms with E-state index in [2.05, 4.69) is 71.8 Å². The van der Waals surface area contributed by atoms with Gasteiger partial charge in [0.2, 0.25) is 0 Å². The quantitative estimate of drug-likeness (QED) is 0.764. The molecule has 2 unspecified atom stereocenters. The van der Waals surface area contributed by atoms with Gasteiger partial charge in [0.15, 0.2) is 0 Å². The molecule has 0 saturated carbocycles. The van der Waals surface area contributed by atoms with Crippen LogP contribution in [0.15, 0.2) is 65.6 Å². The lowest BCUT2D eigenvalue weighted by molar-refractivity contribution is -0.0402. The minimum atomic E-state index is 0.380. The molecular formula is C21H23NOS. The summed E-state index contributed by atoms with van der Waals surface area (Å²) in [6.45, 7) is 2.64. The van der Waals surface area contributed by atoms with Crippen molar-refractivity contribution < 1.29 is 4.74 Å². The SMILES string of the molecule is CSc1cccc(C2=CC3COCC(C2)N3Cc2ccccc2)c1. The number of hydrogen-bond acceptors (Lipinski definition) is 3. The number of thioether (sulfide) groups is 1. The van der Waals surface area contributed by atoms with Crippen molar-refractivity contribution in [3.8, 4) is 0 Å². The first-order valence-electron chi connectivity index (χ1n) is 8.56. The van der Waals surface area contributed by atoms with E-state index >= 15 is 0 Å². The van der Waals surface area contributed by atoms with E-state index in [0.717, 1.165) is 26.2 Å². The lowest BCUT2D eigenvalue weighted by Gasteiger charge is -2.45. The number of rotatable bonds is 4. The molecule has 1 fully saturated rings. The van der Waals surface area contributed by atoms with E-state index in [9.17, 15) is 0 Å². The summed E-state index contributed by atoms with van der Waals surface area (Å²) in [7, 11) is 0. The van der Waals surface area contributed by atoms with Crippen LogP contribution in [0.1, 0.15) is 17.5 Å². The zero-order chi connectivity index (χ0) is 16.4. The van der Waals surface area contributed by atoms with E-state index in [-0.39, 0.29) is 0 Å². The number of benzene rings is 2. The number of fused-ring (bicyclic) bond motifs is 2. The zero-order valence-corrected chi connectivity index (χ0v) is 14.8. The molecule has 2 aliphatic rings. The highest BCUT2D eigenvalue weighted by Gasteiger charge is 2.34. The third-order valence-electron chi connectivity index (χ3n) is 4.99. The molecule has 2 aliphatic heterocycles. The maximum Gasteiger partial charge on any atom is 0.0658 e. The lowest BCUT2D eigenvalue weighted by atomic mass is 9.89. The minimum absolute atomic E-state index is 0.380. The number of hydrogen-bond donors (Lipinski definition) is 0. The van der Waals surface area contributed by atoms with Gasteiger partial charge in [0.05, 0.1) is 19.3 Å². The van der Waals surface area contributed by atoms with Gasteiger partial charge in [-0.2, -0.15) is 0 Å². The zero-order valence-electron chi connectivity index (χ0n) is 14.0. The van der Waals surface area contributed by atoms with Crippen molar-refractivity contribution in [2.75, 3.05) is 19.5 Å². The first-order chi connectivity index (χ1) is 11.8. The average Bonchev–Trinajstić information content (AvgIpc) is 2.62. The largest absolute Gasteiger partial charge is 0.378 e. The Balaban J connectivity index is 1.59. The van der Waals surface area contributed by atoms with Crippen LogP contribution in [0.25, 0.3) is 5.57 Å². The highest BCUT2D eigenvalue weighted by atomic mass is 32.2. The van der Waals surface area contributed by atoms with Gasteiger partial charge in [-0.3, -0.25) is 4.90 Å². The van der Waals surface area contributed by atoms with Crippen LogP contribution in [0.3, 0.4) is 0 Å². The molecule has 2 aromatic carbocycles. The van der Waals surface area contributed by atoms with Crippen LogP contribution in [0, 0.1) is 0 Å². The van der Waals surface area contributed by atoms with Crippen LogP contribution in [0.4, 0.5) is 0 Å². The molecule has 2 heterocycles. The highest BCUT2D eigenvalue weighted by Crippen LogP contribution is 2.34. The second-order valence-corrected chi connectivity index (χ2v) is 7.42. The Kier molecular flexibility index (Phi) is 4.74. The number of morpholine rings is 1. The van der Waals surface area contributed by atoms with Gasteiger partial charge in [-0.25, -0.2) is 0 Å². The molecule has 2 bridgehead atoms. The predicted octanol–water partition coefficient (Wildman–Crippen LogP) is 4.47. The third-order valence-corrected chi connectivity index (χ3v) is 5.72. The number of nitrogens with zero attached hydrogens (tertiary/aromatic N) is 1. The van der Waals surface area contributed by atoms with Gasteiger partial charge in [-0.05, 0) is 41.5 Å². The summed E-state index contributed by atoms with van der Waals surface area (Å²) in [4.78, 5) is 3.95. The summed E-state index contributed by atoms with van der Waals surface area (Å²) in [6, 6.07) is 20.5. The fourth-order valence-corrected chi connectivity index (χ4v) is 4.20. The van der Waals surface area contributed by atoms with Crippen LogP contribution >= 0.6 is 11.8 Å². The molecular weight excluding hydrogens is 314 g/mol. The van der Waals surface area contributed by atoms with Crippen molar-refractivity contribution >= 4 is 17.3 Å². The molecule has 0 spiro atoms. The van der Waals surface area contributed by atoms with Gasteiger partial charge < -0.3 is 4.74 Å². The van der Waals surface area contributed by atoms with E-state index in [1.807, 2.05) is 11.8 Å². The molecule has 1 saturated heterocycles. The van der Waals surface area contributed by atoms with Crippen molar-refractivity contribution in [2.45, 2.75) is 29.9 Å². The van der Waals surface area contributed by atoms with Crippen molar-refractivity contribution in [1.82, 2.24) is 4.90 Å². The predicted molar refractivity (Wildman–Crippen MR) is 101 cm³/mol. The highest BCUT2D eigenvalue weighted by molar-refractivity contribution is 7.98. The fourth-order valence-electron chi connectivity index (χ4n) is 3.74. The summed E-state index contributed by atoms with van der Waals surface area (Å²) < 4.78 is 5.84. The molecule has 4 rings (SSSR count). The summed E-state index contributed by atoms with van der Waals surface area (Å²) in [6.07, 6.45) is 5.64. The Morgan fingerprint density at radius 1 is 1.08 bits per heavy atom. The summed E-state index contributed by atoms with van der Waals surface area (Å²) in [5.74, 6) is 0. The van der Waals surface area contributed by atoms with Gasteiger partial charge in [-0.15, -0.1) is 11.8 Å². The van der Waals surface area contributed by atoms with Crippen molar-refractivity contribution in [1.29, 1.82) is 0 Å². The van der Waals surface area contributed by atoms with Gasteiger partial charge in [0.25, 0.3) is 0 Å². The maximum absolute atomic E-state index is 5.84. The van der Waals surface area contributed by atoms with E-state index in [1.165, 1.54) is 21.6 Å². The van der Waals surface area contributed by atoms with E-state index < -0.39 is 0 Å². The molecule has 0 N–H and O–H groups in total. The topological polar surface area (TPSA) is 12.5 Å². The van der Waals surface area contributed by atoms with Crippen LogP contribution in [0.2, 0.25) is 0 Å². The van der Waals surface area contributed by atoms with Crippen molar-refractivity contribution in [2.24, 2.45) is 0 Å². The lowest BCUT2D eigenvalue weighted by Crippen LogP contribution is -2.53. The minimum Gasteiger partial charge on any atom is -0.378 e. The fraction of sp³-hybridized carbons (Fsp3) is 0.333. The molecule has 2 atom stereocenters. The van der Waals surface area contributed by atoms with Crippen LogP contribution in [-0.4, -0.2) is 36.5 Å². The molecule has 0 radical (unpaired) electrons. The summed E-state index contributed by atoms with van der Waals surface area (Å²) in [5.41, 5.74) is 4.24. The molecule has 3 heteroatoms. The van der Waals surface area contributed by atoms with E-state index in [1.54, 1.807) is 0 Å².